The van der Waals surface area contributed by atoms with Gasteiger partial charge < -0.3 is 25.6 Å². The van der Waals surface area contributed by atoms with Crippen LogP contribution < -0.4 is 16.0 Å². The first-order valence-electron chi connectivity index (χ1n) is 13.8. The highest BCUT2D eigenvalue weighted by Gasteiger charge is 2.57. The van der Waals surface area contributed by atoms with Gasteiger partial charge >= 0.3 is 0 Å². The lowest BCUT2D eigenvalue weighted by Gasteiger charge is -2.51. The number of benzene rings is 1. The van der Waals surface area contributed by atoms with Crippen LogP contribution in [-0.2, 0) is 10.3 Å². The molecular weight excluding hydrogens is 426 g/mol. The van der Waals surface area contributed by atoms with Crippen LogP contribution in [0.5, 0.6) is 0 Å². The first-order valence-corrected chi connectivity index (χ1v) is 13.8. The summed E-state index contributed by atoms with van der Waals surface area (Å²) in [5.41, 5.74) is -0.389. The Bertz CT molecular complexity index is 852. The van der Waals surface area contributed by atoms with Gasteiger partial charge in [0.1, 0.15) is 11.8 Å². The lowest BCUT2D eigenvalue weighted by molar-refractivity contribution is -0.134. The molecule has 6 nitrogen and oxygen atoms in total. The molecule has 0 radical (unpaired) electrons. The average Bonchev–Trinajstić information content (AvgIpc) is 3.48. The molecule has 188 valence electrons. The van der Waals surface area contributed by atoms with E-state index in [0.29, 0.717) is 12.1 Å². The van der Waals surface area contributed by atoms with Crippen LogP contribution in [-0.4, -0.2) is 58.4 Å². The Hall–Kier alpha value is -1.02. The standard InChI is InChI=1S/C28H43N3O3/c1-26(22-13-17-29-22,19-8-3-2-4-9-19)34-25-12-11-23(31-25)28(33)16-7-10-20(28)21-18-24(30-21)27(32)14-5-6-15-27/h2-4,8-9,20-25,29-33H,5-7,10-18H2,1H3/t20?,21?,22-,23-,24-,25?,26+,28?/m0/s1. The minimum absolute atomic E-state index is 0.0517. The normalized spacial score (nSPS) is 43.3. The number of aliphatic hydroxyl groups is 2. The molecule has 0 amide bonds. The van der Waals surface area contributed by atoms with Crippen molar-refractivity contribution in [3.8, 4) is 0 Å². The highest BCUT2D eigenvalue weighted by Crippen LogP contribution is 2.48. The quantitative estimate of drug-likeness (QED) is 0.422. The van der Waals surface area contributed by atoms with E-state index in [2.05, 4.69) is 53.2 Å². The van der Waals surface area contributed by atoms with Gasteiger partial charge in [-0.2, -0.15) is 0 Å². The molecule has 5 aliphatic rings. The molecule has 3 aliphatic heterocycles. The van der Waals surface area contributed by atoms with Crippen LogP contribution in [0.1, 0.15) is 83.1 Å². The van der Waals surface area contributed by atoms with Gasteiger partial charge in [0.05, 0.1) is 11.2 Å². The zero-order chi connectivity index (χ0) is 23.4. The Morgan fingerprint density at radius 2 is 1.65 bits per heavy atom. The molecular formula is C28H43N3O3. The topological polar surface area (TPSA) is 85.8 Å². The number of hydrogen-bond donors (Lipinski definition) is 5. The fourth-order valence-electron chi connectivity index (χ4n) is 7.87. The SMILES string of the molecule is C[C@@](OC1CC[C@@H](C2(O)CCCC2C2C[C@@H](C3(O)CCCC3)N2)N1)(c1ccccc1)[C@@H]1CCN1. The number of rotatable bonds is 7. The highest BCUT2D eigenvalue weighted by molar-refractivity contribution is 5.25. The maximum Gasteiger partial charge on any atom is 0.109 e. The molecule has 3 saturated heterocycles. The van der Waals surface area contributed by atoms with Crippen LogP contribution >= 0.6 is 0 Å². The van der Waals surface area contributed by atoms with Crippen molar-refractivity contribution in [2.75, 3.05) is 6.54 Å². The van der Waals surface area contributed by atoms with E-state index in [-0.39, 0.29) is 29.8 Å². The van der Waals surface area contributed by atoms with Crippen LogP contribution in [0.3, 0.4) is 0 Å². The molecule has 6 rings (SSSR count). The van der Waals surface area contributed by atoms with Crippen molar-refractivity contribution in [3.05, 3.63) is 35.9 Å². The first-order chi connectivity index (χ1) is 16.4. The summed E-state index contributed by atoms with van der Waals surface area (Å²) in [6.07, 6.45) is 11.1. The number of ether oxygens (including phenoxy) is 1. The van der Waals surface area contributed by atoms with E-state index < -0.39 is 11.2 Å². The van der Waals surface area contributed by atoms with Gasteiger partial charge in [0, 0.05) is 30.1 Å². The Morgan fingerprint density at radius 1 is 0.912 bits per heavy atom. The third-order valence-electron chi connectivity index (χ3n) is 10.2. The van der Waals surface area contributed by atoms with Crippen molar-refractivity contribution in [2.24, 2.45) is 5.92 Å². The summed E-state index contributed by atoms with van der Waals surface area (Å²) in [5.74, 6) is 0.249. The number of hydrogen-bond acceptors (Lipinski definition) is 6. The third kappa shape index (κ3) is 3.86. The second kappa shape index (κ2) is 8.82. The summed E-state index contributed by atoms with van der Waals surface area (Å²) < 4.78 is 6.82. The van der Waals surface area contributed by atoms with Crippen LogP contribution in [0.4, 0.5) is 0 Å². The van der Waals surface area contributed by atoms with Gasteiger partial charge in [0.15, 0.2) is 0 Å². The van der Waals surface area contributed by atoms with E-state index in [1.54, 1.807) is 0 Å². The predicted molar refractivity (Wildman–Crippen MR) is 132 cm³/mol. The van der Waals surface area contributed by atoms with Gasteiger partial charge in [-0.05, 0) is 70.4 Å². The van der Waals surface area contributed by atoms with Gasteiger partial charge in [-0.3, -0.25) is 5.32 Å². The first kappa shape index (κ1) is 23.4. The van der Waals surface area contributed by atoms with Crippen LogP contribution in [0, 0.1) is 5.92 Å². The van der Waals surface area contributed by atoms with E-state index in [1.807, 2.05) is 0 Å². The molecule has 0 bridgehead atoms. The van der Waals surface area contributed by atoms with E-state index >= 15 is 0 Å². The van der Waals surface area contributed by atoms with E-state index in [0.717, 1.165) is 77.2 Å². The van der Waals surface area contributed by atoms with E-state index in [9.17, 15) is 10.2 Å². The molecule has 2 saturated carbocycles. The second-order valence-electron chi connectivity index (χ2n) is 12.0. The molecule has 0 spiro atoms. The minimum Gasteiger partial charge on any atom is -0.388 e. The van der Waals surface area contributed by atoms with Crippen molar-refractivity contribution in [1.82, 2.24) is 16.0 Å². The zero-order valence-electron chi connectivity index (χ0n) is 20.6. The largest absolute Gasteiger partial charge is 0.388 e. The third-order valence-corrected chi connectivity index (χ3v) is 10.2. The lowest BCUT2D eigenvalue weighted by Crippen LogP contribution is -2.68. The van der Waals surface area contributed by atoms with Crippen LogP contribution in [0.25, 0.3) is 0 Å². The summed E-state index contributed by atoms with van der Waals surface area (Å²) in [4.78, 5) is 0. The number of nitrogens with one attached hydrogen (secondary N) is 3. The van der Waals surface area contributed by atoms with Crippen LogP contribution in [0.2, 0.25) is 0 Å². The molecule has 34 heavy (non-hydrogen) atoms. The summed E-state index contributed by atoms with van der Waals surface area (Å²) >= 11 is 0. The van der Waals surface area contributed by atoms with Crippen LogP contribution in [0.15, 0.2) is 30.3 Å². The van der Waals surface area contributed by atoms with E-state index in [1.165, 1.54) is 5.56 Å². The average molecular weight is 470 g/mol. The maximum absolute atomic E-state index is 12.0. The fraction of sp³-hybridized carbons (Fsp3) is 0.786. The summed E-state index contributed by atoms with van der Waals surface area (Å²) in [6, 6.07) is 11.5. The Kier molecular flexibility index (Phi) is 6.07. The van der Waals surface area contributed by atoms with Gasteiger partial charge in [-0.25, -0.2) is 0 Å². The molecule has 6 heteroatoms. The molecule has 2 aliphatic carbocycles. The Morgan fingerprint density at radius 3 is 2.32 bits per heavy atom. The zero-order valence-corrected chi connectivity index (χ0v) is 20.6. The Balaban J connectivity index is 1.11. The Labute approximate surface area is 204 Å². The predicted octanol–water partition coefficient (Wildman–Crippen LogP) is 2.93. The van der Waals surface area contributed by atoms with Gasteiger partial charge in [0.25, 0.3) is 0 Å². The molecule has 3 heterocycles. The molecule has 8 atom stereocenters. The van der Waals surface area contributed by atoms with Gasteiger partial charge in [-0.15, -0.1) is 0 Å². The molecule has 1 aromatic carbocycles. The summed E-state index contributed by atoms with van der Waals surface area (Å²) in [6.45, 7) is 3.26. The molecule has 4 unspecified atom stereocenters. The molecule has 0 aromatic heterocycles. The highest BCUT2D eigenvalue weighted by atomic mass is 16.5. The monoisotopic (exact) mass is 469 g/mol. The van der Waals surface area contributed by atoms with Crippen molar-refractivity contribution >= 4 is 0 Å². The van der Waals surface area contributed by atoms with Gasteiger partial charge in [-0.1, -0.05) is 49.6 Å². The summed E-state index contributed by atoms with van der Waals surface area (Å²) in [5, 5.41) is 33.9. The second-order valence-corrected chi connectivity index (χ2v) is 12.0. The van der Waals surface area contributed by atoms with Gasteiger partial charge in [0.2, 0.25) is 0 Å². The summed E-state index contributed by atoms with van der Waals surface area (Å²) in [7, 11) is 0. The molecule has 1 aromatic rings. The van der Waals surface area contributed by atoms with Crippen molar-refractivity contribution in [3.63, 3.8) is 0 Å². The van der Waals surface area contributed by atoms with Crippen molar-refractivity contribution in [1.29, 1.82) is 0 Å². The molecule has 5 N–H and O–H groups in total. The van der Waals surface area contributed by atoms with Crippen molar-refractivity contribution < 1.29 is 14.9 Å². The molecule has 5 fully saturated rings. The van der Waals surface area contributed by atoms with Crippen molar-refractivity contribution in [2.45, 2.75) is 125 Å². The minimum atomic E-state index is -0.698. The maximum atomic E-state index is 12.0. The fourth-order valence-corrected chi connectivity index (χ4v) is 7.87. The smallest absolute Gasteiger partial charge is 0.109 e. The van der Waals surface area contributed by atoms with E-state index in [4.69, 9.17) is 4.74 Å². The lowest BCUT2D eigenvalue weighted by atomic mass is 9.70.